The maximum absolute atomic E-state index is 11.6. The van der Waals surface area contributed by atoms with E-state index in [0.29, 0.717) is 18.3 Å². The summed E-state index contributed by atoms with van der Waals surface area (Å²) < 4.78 is 0. The molecule has 1 aromatic heterocycles. The Hall–Kier alpha value is -2.63. The number of para-hydroxylation sites is 1. The van der Waals surface area contributed by atoms with E-state index in [4.69, 9.17) is 0 Å². The molecule has 0 unspecified atom stereocenters. The fraction of sp³-hybridized carbons (Fsp3) is 0.154. The third kappa shape index (κ3) is 2.20. The summed E-state index contributed by atoms with van der Waals surface area (Å²) in [6.45, 7) is 0.462. The second kappa shape index (κ2) is 4.56. The van der Waals surface area contributed by atoms with Gasteiger partial charge in [0.2, 0.25) is 5.95 Å². The van der Waals surface area contributed by atoms with Gasteiger partial charge in [0.15, 0.2) is 0 Å². The van der Waals surface area contributed by atoms with Crippen LogP contribution in [0.2, 0.25) is 0 Å². The Labute approximate surface area is 110 Å². The maximum Gasteiger partial charge on any atom is 0.323 e. The molecule has 2 aromatic rings. The SMILES string of the molecule is CN1C(=O)NCc2cnc(Nc3ccccc3)nc21. The van der Waals surface area contributed by atoms with E-state index in [9.17, 15) is 4.79 Å². The number of nitrogens with one attached hydrogen (secondary N) is 2. The van der Waals surface area contributed by atoms with Gasteiger partial charge in [-0.25, -0.2) is 9.78 Å². The average Bonchev–Trinajstić information content (AvgIpc) is 2.45. The Balaban J connectivity index is 1.91. The van der Waals surface area contributed by atoms with Crippen LogP contribution in [0, 0.1) is 0 Å². The Morgan fingerprint density at radius 2 is 2.11 bits per heavy atom. The van der Waals surface area contributed by atoms with E-state index in [1.807, 2.05) is 30.3 Å². The molecular formula is C13H13N5O. The summed E-state index contributed by atoms with van der Waals surface area (Å²) in [5.41, 5.74) is 1.81. The number of aromatic nitrogens is 2. The van der Waals surface area contributed by atoms with Gasteiger partial charge in [-0.1, -0.05) is 18.2 Å². The van der Waals surface area contributed by atoms with Crippen LogP contribution in [0.1, 0.15) is 5.56 Å². The monoisotopic (exact) mass is 255 g/mol. The van der Waals surface area contributed by atoms with Gasteiger partial charge < -0.3 is 10.6 Å². The van der Waals surface area contributed by atoms with Crippen molar-refractivity contribution in [3.05, 3.63) is 42.1 Å². The smallest absolute Gasteiger partial charge is 0.323 e. The first-order valence-corrected chi connectivity index (χ1v) is 5.93. The lowest BCUT2D eigenvalue weighted by Crippen LogP contribution is -2.42. The minimum atomic E-state index is -0.156. The van der Waals surface area contributed by atoms with Gasteiger partial charge >= 0.3 is 6.03 Å². The van der Waals surface area contributed by atoms with Gasteiger partial charge in [0.05, 0.1) is 0 Å². The lowest BCUT2D eigenvalue weighted by molar-refractivity contribution is 0.245. The van der Waals surface area contributed by atoms with Gasteiger partial charge in [0.25, 0.3) is 0 Å². The van der Waals surface area contributed by atoms with Gasteiger partial charge in [-0.3, -0.25) is 4.90 Å². The molecule has 0 atom stereocenters. The van der Waals surface area contributed by atoms with Crippen molar-refractivity contribution >= 4 is 23.5 Å². The lowest BCUT2D eigenvalue weighted by Gasteiger charge is -2.25. The predicted molar refractivity (Wildman–Crippen MR) is 72.4 cm³/mol. The molecule has 1 aliphatic rings. The maximum atomic E-state index is 11.6. The highest BCUT2D eigenvalue weighted by Crippen LogP contribution is 2.22. The van der Waals surface area contributed by atoms with Crippen LogP contribution in [-0.2, 0) is 6.54 Å². The zero-order valence-corrected chi connectivity index (χ0v) is 10.4. The highest BCUT2D eigenvalue weighted by molar-refractivity contribution is 5.93. The Morgan fingerprint density at radius 1 is 1.32 bits per heavy atom. The molecule has 1 aliphatic heterocycles. The molecule has 3 rings (SSSR count). The highest BCUT2D eigenvalue weighted by Gasteiger charge is 2.22. The van der Waals surface area contributed by atoms with E-state index < -0.39 is 0 Å². The van der Waals surface area contributed by atoms with E-state index in [2.05, 4.69) is 20.6 Å². The molecule has 2 N–H and O–H groups in total. The molecule has 0 spiro atoms. The standard InChI is InChI=1S/C13H13N5O/c1-18-11-9(8-15-13(18)19)7-14-12(17-11)16-10-5-3-2-4-6-10/h2-7H,8H2,1H3,(H,15,19)(H,14,16,17). The first-order chi connectivity index (χ1) is 9.24. The number of anilines is 3. The second-order valence-corrected chi connectivity index (χ2v) is 4.25. The van der Waals surface area contributed by atoms with Crippen LogP contribution in [0.25, 0.3) is 0 Å². The van der Waals surface area contributed by atoms with Gasteiger partial charge in [-0.15, -0.1) is 0 Å². The zero-order valence-electron chi connectivity index (χ0n) is 10.4. The normalized spacial score (nSPS) is 13.7. The average molecular weight is 255 g/mol. The number of fused-ring (bicyclic) bond motifs is 1. The van der Waals surface area contributed by atoms with Crippen LogP contribution in [-0.4, -0.2) is 23.0 Å². The van der Waals surface area contributed by atoms with Gasteiger partial charge in [0, 0.05) is 31.0 Å². The van der Waals surface area contributed by atoms with Crippen molar-refractivity contribution in [2.75, 3.05) is 17.3 Å². The van der Waals surface area contributed by atoms with Crippen molar-refractivity contribution < 1.29 is 4.79 Å². The van der Waals surface area contributed by atoms with Crippen LogP contribution in [0.4, 0.5) is 22.2 Å². The van der Waals surface area contributed by atoms with E-state index in [1.54, 1.807) is 13.2 Å². The number of urea groups is 1. The Morgan fingerprint density at radius 3 is 2.89 bits per heavy atom. The van der Waals surface area contributed by atoms with Gasteiger partial charge in [-0.2, -0.15) is 4.98 Å². The first-order valence-electron chi connectivity index (χ1n) is 5.93. The van der Waals surface area contributed by atoms with Gasteiger partial charge in [-0.05, 0) is 12.1 Å². The molecule has 19 heavy (non-hydrogen) atoms. The summed E-state index contributed by atoms with van der Waals surface area (Å²) in [4.78, 5) is 21.7. The number of hydrogen-bond acceptors (Lipinski definition) is 4. The minimum absolute atomic E-state index is 0.156. The molecule has 0 bridgehead atoms. The largest absolute Gasteiger partial charge is 0.333 e. The van der Waals surface area contributed by atoms with Crippen molar-refractivity contribution in [3.63, 3.8) is 0 Å². The molecule has 0 fully saturated rings. The molecule has 0 aliphatic carbocycles. The predicted octanol–water partition coefficient (Wildman–Crippen LogP) is 1.88. The Kier molecular flexibility index (Phi) is 2.75. The van der Waals surface area contributed by atoms with Crippen molar-refractivity contribution in [1.82, 2.24) is 15.3 Å². The molecule has 1 aromatic carbocycles. The summed E-state index contributed by atoms with van der Waals surface area (Å²) in [5, 5.41) is 5.85. The molecule has 2 amide bonds. The molecule has 6 nitrogen and oxygen atoms in total. The molecule has 6 heteroatoms. The molecule has 2 heterocycles. The quantitative estimate of drug-likeness (QED) is 0.859. The number of rotatable bonds is 2. The topological polar surface area (TPSA) is 70.2 Å². The summed E-state index contributed by atoms with van der Waals surface area (Å²) >= 11 is 0. The zero-order chi connectivity index (χ0) is 13.2. The fourth-order valence-corrected chi connectivity index (χ4v) is 1.91. The van der Waals surface area contributed by atoms with Crippen molar-refractivity contribution in [2.45, 2.75) is 6.54 Å². The van der Waals surface area contributed by atoms with Crippen molar-refractivity contribution in [1.29, 1.82) is 0 Å². The fourth-order valence-electron chi connectivity index (χ4n) is 1.91. The van der Waals surface area contributed by atoms with Crippen molar-refractivity contribution in [2.24, 2.45) is 0 Å². The van der Waals surface area contributed by atoms with Crippen LogP contribution in [0.5, 0.6) is 0 Å². The summed E-state index contributed by atoms with van der Waals surface area (Å²) in [6.07, 6.45) is 1.73. The number of amides is 2. The number of hydrogen-bond donors (Lipinski definition) is 2. The van der Waals surface area contributed by atoms with E-state index >= 15 is 0 Å². The molecule has 0 saturated heterocycles. The van der Waals surface area contributed by atoms with E-state index in [-0.39, 0.29) is 6.03 Å². The minimum Gasteiger partial charge on any atom is -0.333 e. The summed E-state index contributed by atoms with van der Waals surface area (Å²) in [5.74, 6) is 1.11. The second-order valence-electron chi connectivity index (χ2n) is 4.25. The molecular weight excluding hydrogens is 242 g/mol. The number of nitrogens with zero attached hydrogens (tertiary/aromatic N) is 3. The van der Waals surface area contributed by atoms with E-state index in [0.717, 1.165) is 11.3 Å². The molecule has 0 saturated carbocycles. The third-order valence-corrected chi connectivity index (χ3v) is 2.92. The van der Waals surface area contributed by atoms with E-state index in [1.165, 1.54) is 4.90 Å². The molecule has 0 radical (unpaired) electrons. The number of carbonyl (C=O) groups excluding carboxylic acids is 1. The molecule has 96 valence electrons. The Bertz CT molecular complexity index is 614. The van der Waals surface area contributed by atoms with Crippen LogP contribution < -0.4 is 15.5 Å². The van der Waals surface area contributed by atoms with Crippen molar-refractivity contribution in [3.8, 4) is 0 Å². The van der Waals surface area contributed by atoms with Gasteiger partial charge in [0.1, 0.15) is 5.82 Å². The summed E-state index contributed by atoms with van der Waals surface area (Å²) in [7, 11) is 1.69. The third-order valence-electron chi connectivity index (χ3n) is 2.92. The lowest BCUT2D eigenvalue weighted by atomic mass is 10.2. The highest BCUT2D eigenvalue weighted by atomic mass is 16.2. The first kappa shape index (κ1) is 11.5. The van der Waals surface area contributed by atoms with Crippen LogP contribution in [0.3, 0.4) is 0 Å². The van der Waals surface area contributed by atoms with Crippen LogP contribution in [0.15, 0.2) is 36.5 Å². The van der Waals surface area contributed by atoms with Crippen LogP contribution >= 0.6 is 0 Å². The number of carbonyl (C=O) groups is 1. The number of benzene rings is 1. The summed E-state index contributed by atoms with van der Waals surface area (Å²) in [6, 6.07) is 9.51.